The summed E-state index contributed by atoms with van der Waals surface area (Å²) in [6.45, 7) is 10.6. The molecular weight excluding hydrogens is 463 g/mol. The molecule has 0 amide bonds. The number of likely N-dealkylation sites (tertiary alicyclic amines) is 1. The molecule has 0 bridgehead atoms. The molecule has 0 aromatic carbocycles. The Morgan fingerprint density at radius 3 is 2.38 bits per heavy atom. The van der Waals surface area contributed by atoms with Gasteiger partial charge < -0.3 is 15.5 Å². The molecule has 1 rings (SSSR count). The van der Waals surface area contributed by atoms with Crippen molar-refractivity contribution in [1.29, 1.82) is 0 Å². The van der Waals surface area contributed by atoms with Crippen molar-refractivity contribution in [2.75, 3.05) is 45.2 Å². The van der Waals surface area contributed by atoms with E-state index < -0.39 is 9.84 Å². The standard InChI is InChI=1S/C18H38N4O2S.HI/c1-6-7-11-22-12-8-16(9-13-22)21-17(19-4)20-15-18(2,3)10-14-25(5,23)24;/h16H,6-15H2,1-5H3,(H2,19,20,21);1H. The Morgan fingerprint density at radius 2 is 1.88 bits per heavy atom. The van der Waals surface area contributed by atoms with E-state index in [2.05, 4.69) is 41.3 Å². The van der Waals surface area contributed by atoms with Gasteiger partial charge in [-0.15, -0.1) is 24.0 Å². The number of aliphatic imine (C=N–C) groups is 1. The van der Waals surface area contributed by atoms with Crippen LogP contribution in [-0.2, 0) is 9.84 Å². The highest BCUT2D eigenvalue weighted by molar-refractivity contribution is 14.0. The lowest BCUT2D eigenvalue weighted by molar-refractivity contribution is 0.203. The van der Waals surface area contributed by atoms with Crippen LogP contribution in [0.3, 0.4) is 0 Å². The summed E-state index contributed by atoms with van der Waals surface area (Å²) < 4.78 is 22.7. The van der Waals surface area contributed by atoms with Crippen LogP contribution in [0.15, 0.2) is 4.99 Å². The van der Waals surface area contributed by atoms with Crippen molar-refractivity contribution >= 4 is 39.8 Å². The van der Waals surface area contributed by atoms with E-state index >= 15 is 0 Å². The van der Waals surface area contributed by atoms with Gasteiger partial charge >= 0.3 is 0 Å². The van der Waals surface area contributed by atoms with E-state index in [1.54, 1.807) is 7.05 Å². The quantitative estimate of drug-likeness (QED) is 0.288. The van der Waals surface area contributed by atoms with Gasteiger partial charge in [-0.3, -0.25) is 4.99 Å². The fourth-order valence-electron chi connectivity index (χ4n) is 2.94. The fourth-order valence-corrected chi connectivity index (χ4v) is 3.87. The van der Waals surface area contributed by atoms with Gasteiger partial charge in [-0.1, -0.05) is 27.2 Å². The van der Waals surface area contributed by atoms with E-state index in [0.717, 1.165) is 31.9 Å². The van der Waals surface area contributed by atoms with Gasteiger partial charge in [0.25, 0.3) is 0 Å². The summed E-state index contributed by atoms with van der Waals surface area (Å²) >= 11 is 0. The van der Waals surface area contributed by atoms with Gasteiger partial charge in [-0.25, -0.2) is 8.42 Å². The summed E-state index contributed by atoms with van der Waals surface area (Å²) in [5, 5.41) is 6.89. The number of nitrogens with zero attached hydrogens (tertiary/aromatic N) is 2. The van der Waals surface area contributed by atoms with Crippen LogP contribution in [0.1, 0.15) is 52.9 Å². The molecule has 1 heterocycles. The minimum atomic E-state index is -2.91. The molecule has 0 spiro atoms. The number of hydrogen-bond donors (Lipinski definition) is 2. The highest BCUT2D eigenvalue weighted by atomic mass is 127. The SMILES string of the molecule is CCCCN1CCC(NC(=NC)NCC(C)(C)CCS(C)(=O)=O)CC1.I. The third-order valence-corrected chi connectivity index (χ3v) is 5.81. The second kappa shape index (κ2) is 12.4. The number of guanidine groups is 1. The highest BCUT2D eigenvalue weighted by Gasteiger charge is 2.22. The Kier molecular flexibility index (Phi) is 12.3. The van der Waals surface area contributed by atoms with E-state index in [4.69, 9.17) is 0 Å². The molecule has 1 fully saturated rings. The maximum atomic E-state index is 11.4. The highest BCUT2D eigenvalue weighted by Crippen LogP contribution is 2.19. The molecular formula is C18H39IN4O2S. The first kappa shape index (κ1) is 25.9. The van der Waals surface area contributed by atoms with Gasteiger partial charge in [0.05, 0.1) is 5.75 Å². The van der Waals surface area contributed by atoms with Crippen molar-refractivity contribution in [1.82, 2.24) is 15.5 Å². The minimum absolute atomic E-state index is 0. The molecule has 1 saturated heterocycles. The average Bonchev–Trinajstić information content (AvgIpc) is 2.55. The lowest BCUT2D eigenvalue weighted by atomic mass is 9.90. The second-order valence-electron chi connectivity index (χ2n) is 8.08. The number of rotatable bonds is 9. The van der Waals surface area contributed by atoms with Crippen LogP contribution < -0.4 is 10.6 Å². The van der Waals surface area contributed by atoms with Gasteiger partial charge in [-0.05, 0) is 37.6 Å². The molecule has 2 N–H and O–H groups in total. The summed E-state index contributed by atoms with van der Waals surface area (Å²) in [7, 11) is -1.13. The molecule has 0 aromatic heterocycles. The predicted octanol–water partition coefficient (Wildman–Crippen LogP) is 2.49. The smallest absolute Gasteiger partial charge is 0.191 e. The van der Waals surface area contributed by atoms with Crippen LogP contribution >= 0.6 is 24.0 Å². The molecule has 0 radical (unpaired) electrons. The number of piperidine rings is 1. The molecule has 0 aliphatic carbocycles. The molecule has 0 aromatic rings. The van der Waals surface area contributed by atoms with Gasteiger partial charge in [0, 0.05) is 39.0 Å². The van der Waals surface area contributed by atoms with Crippen molar-refractivity contribution in [3.63, 3.8) is 0 Å². The van der Waals surface area contributed by atoms with Crippen LogP contribution in [0.5, 0.6) is 0 Å². The average molecular weight is 503 g/mol. The van der Waals surface area contributed by atoms with Crippen LogP contribution in [-0.4, -0.2) is 70.6 Å². The topological polar surface area (TPSA) is 73.8 Å². The van der Waals surface area contributed by atoms with E-state index in [0.29, 0.717) is 19.0 Å². The zero-order valence-electron chi connectivity index (χ0n) is 17.2. The van der Waals surface area contributed by atoms with Crippen LogP contribution in [0.2, 0.25) is 0 Å². The largest absolute Gasteiger partial charge is 0.356 e. The summed E-state index contributed by atoms with van der Waals surface area (Å²) in [5.41, 5.74) is -0.0930. The first-order chi connectivity index (χ1) is 11.6. The summed E-state index contributed by atoms with van der Waals surface area (Å²) in [5.74, 6) is 1.05. The lowest BCUT2D eigenvalue weighted by Crippen LogP contribution is -2.50. The Morgan fingerprint density at radius 1 is 1.27 bits per heavy atom. The number of halogens is 1. The normalized spacial score (nSPS) is 17.7. The third-order valence-electron chi connectivity index (χ3n) is 4.86. The molecule has 0 atom stereocenters. The van der Waals surface area contributed by atoms with Gasteiger partial charge in [0.1, 0.15) is 9.84 Å². The minimum Gasteiger partial charge on any atom is -0.356 e. The van der Waals surface area contributed by atoms with Crippen molar-refractivity contribution in [3.05, 3.63) is 0 Å². The number of sulfone groups is 1. The van der Waals surface area contributed by atoms with Crippen molar-refractivity contribution in [3.8, 4) is 0 Å². The summed E-state index contributed by atoms with van der Waals surface area (Å²) in [4.78, 5) is 6.87. The maximum Gasteiger partial charge on any atom is 0.191 e. The van der Waals surface area contributed by atoms with Crippen molar-refractivity contribution in [2.45, 2.75) is 58.9 Å². The Bertz CT molecular complexity index is 515. The number of unbranched alkanes of at least 4 members (excludes halogenated alkanes) is 1. The molecule has 1 aliphatic rings. The molecule has 1 aliphatic heterocycles. The predicted molar refractivity (Wildman–Crippen MR) is 122 cm³/mol. The van der Waals surface area contributed by atoms with E-state index in [-0.39, 0.29) is 35.1 Å². The molecule has 0 saturated carbocycles. The van der Waals surface area contributed by atoms with Crippen molar-refractivity contribution < 1.29 is 8.42 Å². The lowest BCUT2D eigenvalue weighted by Gasteiger charge is -2.33. The van der Waals surface area contributed by atoms with Crippen LogP contribution in [0.25, 0.3) is 0 Å². The van der Waals surface area contributed by atoms with E-state index in [9.17, 15) is 8.42 Å². The Balaban J connectivity index is 0.00000625. The fraction of sp³-hybridized carbons (Fsp3) is 0.944. The molecule has 156 valence electrons. The molecule has 0 unspecified atom stereocenters. The van der Waals surface area contributed by atoms with E-state index in [1.165, 1.54) is 25.6 Å². The first-order valence-corrected chi connectivity index (χ1v) is 11.6. The Labute approximate surface area is 177 Å². The molecule has 26 heavy (non-hydrogen) atoms. The zero-order chi connectivity index (χ0) is 18.9. The molecule has 8 heteroatoms. The number of nitrogens with one attached hydrogen (secondary N) is 2. The van der Waals surface area contributed by atoms with E-state index in [1.807, 2.05) is 0 Å². The monoisotopic (exact) mass is 502 g/mol. The molecule has 6 nitrogen and oxygen atoms in total. The maximum absolute atomic E-state index is 11.4. The summed E-state index contributed by atoms with van der Waals surface area (Å²) in [6, 6.07) is 0.461. The van der Waals surface area contributed by atoms with Gasteiger partial charge in [-0.2, -0.15) is 0 Å². The Hall–Kier alpha value is -0.0900. The van der Waals surface area contributed by atoms with Gasteiger partial charge in [0.2, 0.25) is 0 Å². The first-order valence-electron chi connectivity index (χ1n) is 9.52. The van der Waals surface area contributed by atoms with Gasteiger partial charge in [0.15, 0.2) is 5.96 Å². The van der Waals surface area contributed by atoms with Crippen molar-refractivity contribution in [2.24, 2.45) is 10.4 Å². The number of hydrogen-bond acceptors (Lipinski definition) is 4. The summed E-state index contributed by atoms with van der Waals surface area (Å²) in [6.07, 6.45) is 6.76. The van der Waals surface area contributed by atoms with Crippen LogP contribution in [0.4, 0.5) is 0 Å². The zero-order valence-corrected chi connectivity index (χ0v) is 20.3. The van der Waals surface area contributed by atoms with Crippen LogP contribution in [0, 0.1) is 5.41 Å². The third kappa shape index (κ3) is 11.6. The second-order valence-corrected chi connectivity index (χ2v) is 10.3.